The minimum absolute atomic E-state index is 0.0370. The summed E-state index contributed by atoms with van der Waals surface area (Å²) >= 11 is 2.04. The Bertz CT molecular complexity index is 220. The van der Waals surface area contributed by atoms with Crippen molar-refractivity contribution in [3.63, 3.8) is 0 Å². The van der Waals surface area contributed by atoms with Crippen LogP contribution in [0.2, 0.25) is 0 Å². The molecule has 0 heterocycles. The smallest absolute Gasteiger partial charge is 0.378 e. The predicted octanol–water partition coefficient (Wildman–Crippen LogP) is 2.74. The standard InChI is InChI=1S/C8H20IN2O4P.C2H6/c1-8(2)11-16(12,13-3)15-7-6-14-5-4-10-9;1-2/h8,10H,4-7H2,1-3H3,(H,11,12);1-2H3. The second kappa shape index (κ2) is 14.2. The summed E-state index contributed by atoms with van der Waals surface area (Å²) in [5, 5.41) is 2.75. The van der Waals surface area contributed by atoms with Gasteiger partial charge in [0.2, 0.25) is 0 Å². The minimum Gasteiger partial charge on any atom is -0.378 e. The summed E-state index contributed by atoms with van der Waals surface area (Å²) in [5.41, 5.74) is 0. The molecule has 0 aromatic carbocycles. The summed E-state index contributed by atoms with van der Waals surface area (Å²) in [6.45, 7) is 9.75. The summed E-state index contributed by atoms with van der Waals surface area (Å²) in [6.07, 6.45) is 0. The third-order valence-electron chi connectivity index (χ3n) is 1.49. The van der Waals surface area contributed by atoms with E-state index >= 15 is 0 Å². The van der Waals surface area contributed by atoms with E-state index in [9.17, 15) is 4.57 Å². The van der Waals surface area contributed by atoms with Gasteiger partial charge in [0.1, 0.15) is 0 Å². The maximum atomic E-state index is 11.9. The molecule has 0 amide bonds. The first-order valence-corrected chi connectivity index (χ1v) is 8.65. The molecular weight excluding hydrogens is 370 g/mol. The molecule has 8 heteroatoms. The fourth-order valence-corrected chi connectivity index (χ4v) is 2.34. The molecule has 0 rings (SSSR count). The van der Waals surface area contributed by atoms with Crippen molar-refractivity contribution in [2.45, 2.75) is 33.7 Å². The first kappa shape index (κ1) is 21.1. The zero-order chi connectivity index (χ0) is 14.4. The maximum absolute atomic E-state index is 11.9. The second-order valence-electron chi connectivity index (χ2n) is 3.29. The van der Waals surface area contributed by atoms with E-state index in [0.29, 0.717) is 13.2 Å². The van der Waals surface area contributed by atoms with Crippen molar-refractivity contribution in [1.82, 2.24) is 8.62 Å². The normalized spacial score (nSPS) is 13.9. The van der Waals surface area contributed by atoms with Crippen molar-refractivity contribution in [2.75, 3.05) is 33.5 Å². The van der Waals surface area contributed by atoms with Crippen LogP contribution in [0, 0.1) is 0 Å². The van der Waals surface area contributed by atoms with E-state index in [1.54, 1.807) is 0 Å². The lowest BCUT2D eigenvalue weighted by Crippen LogP contribution is -2.22. The van der Waals surface area contributed by atoms with Gasteiger partial charge < -0.3 is 9.26 Å². The third-order valence-corrected chi connectivity index (χ3v) is 3.86. The molecule has 0 aliphatic rings. The summed E-state index contributed by atoms with van der Waals surface area (Å²) in [6, 6.07) is 0.0370. The van der Waals surface area contributed by atoms with Gasteiger partial charge in [0.05, 0.1) is 19.8 Å². The first-order chi connectivity index (χ1) is 8.54. The minimum atomic E-state index is -3.16. The highest BCUT2D eigenvalue weighted by molar-refractivity contribution is 14.1. The molecule has 0 aliphatic heterocycles. The summed E-state index contributed by atoms with van der Waals surface area (Å²) in [4.78, 5) is 0. The average Bonchev–Trinajstić information content (AvgIpc) is 2.35. The first-order valence-electron chi connectivity index (χ1n) is 6.03. The number of rotatable bonds is 10. The molecule has 0 spiro atoms. The molecule has 0 saturated carbocycles. The molecule has 2 N–H and O–H groups in total. The molecule has 0 aromatic rings. The van der Waals surface area contributed by atoms with E-state index in [-0.39, 0.29) is 12.6 Å². The van der Waals surface area contributed by atoms with Crippen molar-refractivity contribution >= 4 is 30.6 Å². The molecule has 18 heavy (non-hydrogen) atoms. The molecule has 1 unspecified atom stereocenters. The van der Waals surface area contributed by atoms with E-state index in [1.807, 2.05) is 50.6 Å². The van der Waals surface area contributed by atoms with E-state index in [1.165, 1.54) is 7.11 Å². The van der Waals surface area contributed by atoms with Crippen molar-refractivity contribution in [3.05, 3.63) is 0 Å². The Balaban J connectivity index is 0. The summed E-state index contributed by atoms with van der Waals surface area (Å²) in [5.74, 6) is 0. The van der Waals surface area contributed by atoms with Gasteiger partial charge in [-0.1, -0.05) is 13.8 Å². The number of halogens is 1. The predicted molar refractivity (Wildman–Crippen MR) is 83.0 cm³/mol. The zero-order valence-corrected chi connectivity index (χ0v) is 14.9. The average molecular weight is 396 g/mol. The van der Waals surface area contributed by atoms with Crippen LogP contribution in [0.4, 0.5) is 0 Å². The quantitative estimate of drug-likeness (QED) is 0.256. The molecule has 0 saturated heterocycles. The van der Waals surface area contributed by atoms with Crippen LogP contribution in [0.5, 0.6) is 0 Å². The highest BCUT2D eigenvalue weighted by Gasteiger charge is 2.23. The lowest BCUT2D eigenvalue weighted by molar-refractivity contribution is 0.0954. The fraction of sp³-hybridized carbons (Fsp3) is 1.00. The molecule has 0 fully saturated rings. The lowest BCUT2D eigenvalue weighted by Gasteiger charge is -2.19. The molecule has 0 bridgehead atoms. The Hall–Kier alpha value is 0.760. The third kappa shape index (κ3) is 13.2. The maximum Gasteiger partial charge on any atom is 0.405 e. The number of nitrogens with one attached hydrogen (secondary N) is 2. The highest BCUT2D eigenvalue weighted by atomic mass is 127. The van der Waals surface area contributed by atoms with Gasteiger partial charge in [0.25, 0.3) is 0 Å². The Morgan fingerprint density at radius 2 is 1.83 bits per heavy atom. The highest BCUT2D eigenvalue weighted by Crippen LogP contribution is 2.42. The topological polar surface area (TPSA) is 68.8 Å². The summed E-state index contributed by atoms with van der Waals surface area (Å²) in [7, 11) is -1.80. The van der Waals surface area contributed by atoms with E-state index < -0.39 is 7.75 Å². The van der Waals surface area contributed by atoms with Gasteiger partial charge in [-0.05, 0) is 13.8 Å². The number of ether oxygens (including phenoxy) is 1. The van der Waals surface area contributed by atoms with Gasteiger partial charge in [0, 0.05) is 42.6 Å². The Labute approximate surface area is 125 Å². The molecular formula is C10H26IN2O4P. The van der Waals surface area contributed by atoms with Crippen molar-refractivity contribution in [1.29, 1.82) is 0 Å². The van der Waals surface area contributed by atoms with Gasteiger partial charge in [-0.3, -0.25) is 8.05 Å². The van der Waals surface area contributed by atoms with Crippen molar-refractivity contribution < 1.29 is 18.3 Å². The Kier molecular flexibility index (Phi) is 16.6. The van der Waals surface area contributed by atoms with Crippen molar-refractivity contribution in [2.24, 2.45) is 0 Å². The second-order valence-corrected chi connectivity index (χ2v) is 5.93. The van der Waals surface area contributed by atoms with E-state index in [2.05, 4.69) is 8.62 Å². The molecule has 0 radical (unpaired) electrons. The molecule has 112 valence electrons. The van der Waals surface area contributed by atoms with E-state index in [0.717, 1.165) is 6.54 Å². The lowest BCUT2D eigenvalue weighted by atomic mass is 10.4. The van der Waals surface area contributed by atoms with Crippen LogP contribution in [0.3, 0.4) is 0 Å². The monoisotopic (exact) mass is 396 g/mol. The Morgan fingerprint density at radius 1 is 1.22 bits per heavy atom. The molecule has 1 atom stereocenters. The fourth-order valence-electron chi connectivity index (χ4n) is 0.888. The van der Waals surface area contributed by atoms with Gasteiger partial charge in [-0.25, -0.2) is 9.65 Å². The van der Waals surface area contributed by atoms with Gasteiger partial charge in [-0.15, -0.1) is 0 Å². The SMILES string of the molecule is CC.COP(=O)(NC(C)C)OCCOCCNI. The van der Waals surface area contributed by atoms with Crippen LogP contribution in [-0.2, 0) is 18.3 Å². The summed E-state index contributed by atoms with van der Waals surface area (Å²) < 4.78 is 30.0. The largest absolute Gasteiger partial charge is 0.405 e. The molecule has 6 nitrogen and oxygen atoms in total. The van der Waals surface area contributed by atoms with Crippen LogP contribution in [0.1, 0.15) is 27.7 Å². The number of hydrogen-bond donors (Lipinski definition) is 2. The van der Waals surface area contributed by atoms with Crippen LogP contribution in [-0.4, -0.2) is 39.5 Å². The van der Waals surface area contributed by atoms with Gasteiger partial charge >= 0.3 is 7.75 Å². The Morgan fingerprint density at radius 3 is 2.28 bits per heavy atom. The van der Waals surface area contributed by atoms with Crippen LogP contribution >= 0.6 is 30.6 Å². The van der Waals surface area contributed by atoms with Crippen molar-refractivity contribution in [3.8, 4) is 0 Å². The number of hydrogen-bond acceptors (Lipinski definition) is 5. The molecule has 0 aromatic heterocycles. The molecule has 0 aliphatic carbocycles. The van der Waals surface area contributed by atoms with Crippen LogP contribution in [0.25, 0.3) is 0 Å². The van der Waals surface area contributed by atoms with Gasteiger partial charge in [0.15, 0.2) is 0 Å². The van der Waals surface area contributed by atoms with Gasteiger partial charge in [-0.2, -0.15) is 0 Å². The van der Waals surface area contributed by atoms with Crippen LogP contribution in [0.15, 0.2) is 0 Å². The zero-order valence-electron chi connectivity index (χ0n) is 11.9. The van der Waals surface area contributed by atoms with E-state index in [4.69, 9.17) is 13.8 Å². The van der Waals surface area contributed by atoms with Crippen LogP contribution < -0.4 is 8.62 Å².